The molecule has 0 bridgehead atoms. The lowest BCUT2D eigenvalue weighted by atomic mass is 10.2. The molecule has 0 saturated carbocycles. The smallest absolute Gasteiger partial charge is 0.264 e. The van der Waals surface area contributed by atoms with E-state index in [0.717, 1.165) is 9.87 Å². The third kappa shape index (κ3) is 5.60. The minimum absolute atomic E-state index is 0.0625. The van der Waals surface area contributed by atoms with Crippen LogP contribution in [-0.2, 0) is 21.4 Å². The zero-order valence-corrected chi connectivity index (χ0v) is 20.4. The van der Waals surface area contributed by atoms with Crippen molar-refractivity contribution in [2.75, 3.05) is 39.2 Å². The number of sulfonamides is 1. The summed E-state index contributed by atoms with van der Waals surface area (Å²) in [5.74, 6) is 1.31. The average molecular weight is 485 g/mol. The van der Waals surface area contributed by atoms with Crippen molar-refractivity contribution < 1.29 is 27.4 Å². The van der Waals surface area contributed by atoms with Crippen molar-refractivity contribution in [1.82, 2.24) is 4.90 Å². The molecular formula is C25H28N2O6S. The summed E-state index contributed by atoms with van der Waals surface area (Å²) < 4.78 is 43.8. The van der Waals surface area contributed by atoms with E-state index in [1.807, 2.05) is 6.07 Å². The van der Waals surface area contributed by atoms with Gasteiger partial charge in [0.25, 0.3) is 10.0 Å². The lowest BCUT2D eigenvalue weighted by Gasteiger charge is -2.27. The van der Waals surface area contributed by atoms with Gasteiger partial charge >= 0.3 is 0 Å². The maximum absolute atomic E-state index is 13.5. The number of likely N-dealkylation sites (N-methyl/N-ethyl adjacent to an activating group) is 1. The summed E-state index contributed by atoms with van der Waals surface area (Å²) >= 11 is 0. The number of nitrogens with zero attached hydrogens (tertiary/aromatic N) is 2. The Bertz CT molecular complexity index is 1210. The molecule has 0 aliphatic rings. The Kier molecular flexibility index (Phi) is 8.01. The number of ether oxygens (including phenoxy) is 3. The molecule has 0 spiro atoms. The maximum Gasteiger partial charge on any atom is 0.264 e. The molecule has 0 aliphatic heterocycles. The van der Waals surface area contributed by atoms with Crippen LogP contribution in [0, 0.1) is 0 Å². The largest absolute Gasteiger partial charge is 0.497 e. The molecule has 0 unspecified atom stereocenters. The van der Waals surface area contributed by atoms with E-state index in [1.165, 1.54) is 31.3 Å². The van der Waals surface area contributed by atoms with E-state index >= 15 is 0 Å². The van der Waals surface area contributed by atoms with Crippen LogP contribution in [0.4, 0.5) is 5.69 Å². The number of para-hydroxylation sites is 1. The van der Waals surface area contributed by atoms with Gasteiger partial charge in [0.2, 0.25) is 5.91 Å². The molecule has 0 aromatic heterocycles. The highest BCUT2D eigenvalue weighted by molar-refractivity contribution is 7.92. The maximum atomic E-state index is 13.5. The first-order chi connectivity index (χ1) is 16.3. The van der Waals surface area contributed by atoms with Gasteiger partial charge in [0.1, 0.15) is 12.3 Å². The summed E-state index contributed by atoms with van der Waals surface area (Å²) in [5, 5.41) is 0. The Hall–Kier alpha value is -3.72. The lowest BCUT2D eigenvalue weighted by molar-refractivity contribution is -0.128. The number of carbonyl (C=O) groups excluding carboxylic acids is 1. The fourth-order valence-corrected chi connectivity index (χ4v) is 4.78. The zero-order chi connectivity index (χ0) is 24.7. The molecule has 0 N–H and O–H groups in total. The molecule has 3 aromatic carbocycles. The van der Waals surface area contributed by atoms with Crippen molar-refractivity contribution in [2.45, 2.75) is 11.4 Å². The Balaban J connectivity index is 1.85. The topological polar surface area (TPSA) is 85.4 Å². The van der Waals surface area contributed by atoms with Crippen LogP contribution in [0.1, 0.15) is 5.56 Å². The Morgan fingerprint density at radius 3 is 2.06 bits per heavy atom. The number of rotatable bonds is 10. The summed E-state index contributed by atoms with van der Waals surface area (Å²) in [7, 11) is 2.22. The van der Waals surface area contributed by atoms with E-state index < -0.39 is 10.0 Å². The third-order valence-electron chi connectivity index (χ3n) is 5.26. The van der Waals surface area contributed by atoms with Gasteiger partial charge in [-0.25, -0.2) is 8.42 Å². The fourth-order valence-electron chi connectivity index (χ4n) is 3.37. The Morgan fingerprint density at radius 2 is 1.47 bits per heavy atom. The molecule has 0 heterocycles. The molecule has 0 saturated heterocycles. The van der Waals surface area contributed by atoms with Crippen molar-refractivity contribution in [3.05, 3.63) is 78.4 Å². The van der Waals surface area contributed by atoms with Gasteiger partial charge in [0.15, 0.2) is 11.5 Å². The van der Waals surface area contributed by atoms with Crippen molar-refractivity contribution in [2.24, 2.45) is 0 Å². The standard InChI is InChI=1S/C25H28N2O6S/c1-26(17-19-10-15-23(32-3)24(16-19)33-4)25(28)18-27(20-8-6-5-7-9-20)34(29,30)22-13-11-21(31-2)12-14-22/h5-16H,17-18H2,1-4H3. The van der Waals surface area contributed by atoms with Gasteiger partial charge in [0.05, 0.1) is 31.9 Å². The fraction of sp³-hybridized carbons (Fsp3) is 0.240. The van der Waals surface area contributed by atoms with Crippen molar-refractivity contribution in [3.8, 4) is 17.2 Å². The second kappa shape index (κ2) is 10.9. The first kappa shape index (κ1) is 24.9. The van der Waals surface area contributed by atoms with Gasteiger partial charge < -0.3 is 19.1 Å². The summed E-state index contributed by atoms with van der Waals surface area (Å²) in [4.78, 5) is 14.7. The molecule has 1 amide bonds. The molecule has 8 nitrogen and oxygen atoms in total. The molecule has 180 valence electrons. The molecule has 0 radical (unpaired) electrons. The monoisotopic (exact) mass is 484 g/mol. The number of anilines is 1. The molecule has 9 heteroatoms. The van der Waals surface area contributed by atoms with Crippen molar-refractivity contribution in [3.63, 3.8) is 0 Å². The third-order valence-corrected chi connectivity index (χ3v) is 7.05. The normalized spacial score (nSPS) is 10.9. The molecule has 3 rings (SSSR count). The highest BCUT2D eigenvalue weighted by Crippen LogP contribution is 2.28. The van der Waals surface area contributed by atoms with E-state index in [-0.39, 0.29) is 23.9 Å². The number of hydrogen-bond acceptors (Lipinski definition) is 6. The first-order valence-corrected chi connectivity index (χ1v) is 11.9. The van der Waals surface area contributed by atoms with E-state index in [4.69, 9.17) is 14.2 Å². The van der Waals surface area contributed by atoms with Gasteiger partial charge in [-0.3, -0.25) is 9.10 Å². The van der Waals surface area contributed by atoms with Crippen LogP contribution in [0.3, 0.4) is 0 Å². The van der Waals surface area contributed by atoms with Crippen LogP contribution in [0.2, 0.25) is 0 Å². The Labute approximate surface area is 200 Å². The van der Waals surface area contributed by atoms with Crippen LogP contribution in [0.25, 0.3) is 0 Å². The van der Waals surface area contributed by atoms with Gasteiger partial charge in [-0.05, 0) is 54.1 Å². The molecule has 0 aliphatic carbocycles. The number of carbonyl (C=O) groups is 1. The van der Waals surface area contributed by atoms with E-state index in [9.17, 15) is 13.2 Å². The van der Waals surface area contributed by atoms with Crippen LogP contribution in [0.15, 0.2) is 77.7 Å². The van der Waals surface area contributed by atoms with Crippen LogP contribution < -0.4 is 18.5 Å². The summed E-state index contributed by atoms with van der Waals surface area (Å²) in [6.07, 6.45) is 0. The molecule has 34 heavy (non-hydrogen) atoms. The minimum Gasteiger partial charge on any atom is -0.497 e. The van der Waals surface area contributed by atoms with Crippen LogP contribution >= 0.6 is 0 Å². The minimum atomic E-state index is -4.01. The van der Waals surface area contributed by atoms with E-state index in [1.54, 1.807) is 68.8 Å². The zero-order valence-electron chi connectivity index (χ0n) is 19.6. The highest BCUT2D eigenvalue weighted by Gasteiger charge is 2.28. The van der Waals surface area contributed by atoms with Crippen molar-refractivity contribution >= 4 is 21.6 Å². The van der Waals surface area contributed by atoms with Crippen molar-refractivity contribution in [1.29, 1.82) is 0 Å². The molecule has 0 atom stereocenters. The predicted molar refractivity (Wildman–Crippen MR) is 130 cm³/mol. The van der Waals surface area contributed by atoms with E-state index in [0.29, 0.717) is 22.9 Å². The van der Waals surface area contributed by atoms with Gasteiger partial charge in [-0.1, -0.05) is 24.3 Å². The molecular weight excluding hydrogens is 456 g/mol. The number of methoxy groups -OCH3 is 3. The molecule has 3 aromatic rings. The average Bonchev–Trinajstić information content (AvgIpc) is 2.87. The summed E-state index contributed by atoms with van der Waals surface area (Å²) in [6, 6.07) is 20.0. The van der Waals surface area contributed by atoms with E-state index in [2.05, 4.69) is 0 Å². The number of benzene rings is 3. The van der Waals surface area contributed by atoms with Gasteiger partial charge in [-0.15, -0.1) is 0 Å². The summed E-state index contributed by atoms with van der Waals surface area (Å²) in [6.45, 7) is -0.0907. The van der Waals surface area contributed by atoms with Gasteiger partial charge in [0, 0.05) is 13.6 Å². The summed E-state index contributed by atoms with van der Waals surface area (Å²) in [5.41, 5.74) is 1.21. The predicted octanol–water partition coefficient (Wildman–Crippen LogP) is 3.57. The molecule has 0 fully saturated rings. The van der Waals surface area contributed by atoms with Gasteiger partial charge in [-0.2, -0.15) is 0 Å². The quantitative estimate of drug-likeness (QED) is 0.437. The SMILES string of the molecule is COc1ccc(S(=O)(=O)N(CC(=O)N(C)Cc2ccc(OC)c(OC)c2)c2ccccc2)cc1. The highest BCUT2D eigenvalue weighted by atomic mass is 32.2. The number of amides is 1. The van der Waals surface area contributed by atoms with Crippen LogP contribution in [0.5, 0.6) is 17.2 Å². The Morgan fingerprint density at radius 1 is 0.824 bits per heavy atom. The number of hydrogen-bond donors (Lipinski definition) is 0. The first-order valence-electron chi connectivity index (χ1n) is 10.5. The second-order valence-corrected chi connectivity index (χ2v) is 9.32. The second-order valence-electron chi connectivity index (χ2n) is 7.46. The lowest BCUT2D eigenvalue weighted by Crippen LogP contribution is -2.41. The van der Waals surface area contributed by atoms with Crippen LogP contribution in [-0.4, -0.2) is 54.1 Å².